The van der Waals surface area contributed by atoms with Crippen molar-refractivity contribution in [3.63, 3.8) is 0 Å². The van der Waals surface area contributed by atoms with Crippen LogP contribution in [0.1, 0.15) is 29.8 Å². The molecule has 0 aliphatic carbocycles. The zero-order chi connectivity index (χ0) is 15.4. The summed E-state index contributed by atoms with van der Waals surface area (Å²) in [5, 5.41) is 11.8. The number of carbonyl (C=O) groups is 1. The maximum absolute atomic E-state index is 10.7. The number of anilines is 3. The fourth-order valence-corrected chi connectivity index (χ4v) is 2.42. The average molecular weight is 299 g/mol. The molecule has 0 atom stereocenters. The number of aromatic nitrogens is 3. The van der Waals surface area contributed by atoms with Crippen molar-refractivity contribution in [2.45, 2.75) is 19.3 Å². The molecule has 3 heterocycles. The van der Waals surface area contributed by atoms with Crippen LogP contribution < -0.4 is 10.2 Å². The number of piperidine rings is 1. The first-order valence-electron chi connectivity index (χ1n) is 7.26. The Morgan fingerprint density at radius 2 is 1.86 bits per heavy atom. The Morgan fingerprint density at radius 1 is 1.05 bits per heavy atom. The van der Waals surface area contributed by atoms with Crippen LogP contribution in [0.5, 0.6) is 0 Å². The second-order valence-electron chi connectivity index (χ2n) is 5.17. The number of aromatic carboxylic acids is 1. The SMILES string of the molecule is O=C(O)c1cnc(Nc2ccc(N3CCCCC3)nc2)cn1. The first-order chi connectivity index (χ1) is 10.7. The van der Waals surface area contributed by atoms with Crippen molar-refractivity contribution in [1.29, 1.82) is 0 Å². The Kier molecular flexibility index (Phi) is 4.13. The Labute approximate surface area is 128 Å². The molecule has 2 aromatic heterocycles. The Bertz CT molecular complexity index is 636. The molecular formula is C15H17N5O2. The van der Waals surface area contributed by atoms with Gasteiger partial charge in [-0.25, -0.2) is 19.7 Å². The summed E-state index contributed by atoms with van der Waals surface area (Å²) in [6, 6.07) is 3.91. The molecule has 0 saturated carbocycles. The third-order valence-corrected chi connectivity index (χ3v) is 3.57. The molecule has 0 unspecified atom stereocenters. The van der Waals surface area contributed by atoms with E-state index in [-0.39, 0.29) is 5.69 Å². The van der Waals surface area contributed by atoms with Gasteiger partial charge in [-0.05, 0) is 31.4 Å². The highest BCUT2D eigenvalue weighted by Gasteiger charge is 2.11. The number of nitrogens with zero attached hydrogens (tertiary/aromatic N) is 4. The molecule has 114 valence electrons. The third kappa shape index (κ3) is 3.30. The van der Waals surface area contributed by atoms with Gasteiger partial charge in [0.05, 0.1) is 24.3 Å². The minimum Gasteiger partial charge on any atom is -0.476 e. The lowest BCUT2D eigenvalue weighted by molar-refractivity contribution is 0.0690. The largest absolute Gasteiger partial charge is 0.476 e. The number of nitrogens with one attached hydrogen (secondary N) is 1. The van der Waals surface area contributed by atoms with E-state index in [9.17, 15) is 4.79 Å². The van der Waals surface area contributed by atoms with E-state index < -0.39 is 5.97 Å². The molecule has 1 aliphatic rings. The smallest absolute Gasteiger partial charge is 0.356 e. The van der Waals surface area contributed by atoms with Gasteiger partial charge in [-0.1, -0.05) is 0 Å². The van der Waals surface area contributed by atoms with Crippen molar-refractivity contribution < 1.29 is 9.90 Å². The van der Waals surface area contributed by atoms with E-state index >= 15 is 0 Å². The van der Waals surface area contributed by atoms with E-state index in [1.807, 2.05) is 12.1 Å². The summed E-state index contributed by atoms with van der Waals surface area (Å²) in [5.41, 5.74) is 0.710. The van der Waals surface area contributed by atoms with Crippen molar-refractivity contribution >= 4 is 23.3 Å². The van der Waals surface area contributed by atoms with Crippen molar-refractivity contribution in [3.8, 4) is 0 Å². The Hall–Kier alpha value is -2.70. The van der Waals surface area contributed by atoms with E-state index in [0.717, 1.165) is 24.6 Å². The lowest BCUT2D eigenvalue weighted by Gasteiger charge is -2.27. The number of carboxylic acids is 1. The zero-order valence-electron chi connectivity index (χ0n) is 12.1. The van der Waals surface area contributed by atoms with Crippen LogP contribution in [-0.4, -0.2) is 39.1 Å². The highest BCUT2D eigenvalue weighted by Crippen LogP contribution is 2.20. The summed E-state index contributed by atoms with van der Waals surface area (Å²) in [6.07, 6.45) is 8.08. The molecule has 0 spiro atoms. The van der Waals surface area contributed by atoms with E-state index in [1.165, 1.54) is 31.7 Å². The predicted molar refractivity (Wildman–Crippen MR) is 82.6 cm³/mol. The van der Waals surface area contributed by atoms with Crippen LogP contribution in [0.4, 0.5) is 17.3 Å². The van der Waals surface area contributed by atoms with Gasteiger partial charge in [-0.3, -0.25) is 0 Å². The highest BCUT2D eigenvalue weighted by atomic mass is 16.4. The summed E-state index contributed by atoms with van der Waals surface area (Å²) in [4.78, 5) is 25.3. The monoisotopic (exact) mass is 299 g/mol. The van der Waals surface area contributed by atoms with E-state index in [1.54, 1.807) is 6.20 Å². The number of pyridine rings is 1. The third-order valence-electron chi connectivity index (χ3n) is 3.57. The normalized spacial score (nSPS) is 14.6. The number of rotatable bonds is 4. The summed E-state index contributed by atoms with van der Waals surface area (Å²) >= 11 is 0. The second kappa shape index (κ2) is 6.38. The maximum atomic E-state index is 10.7. The van der Waals surface area contributed by atoms with Gasteiger partial charge in [0.1, 0.15) is 11.6 Å². The minimum atomic E-state index is -1.09. The van der Waals surface area contributed by atoms with Crippen molar-refractivity contribution in [2.24, 2.45) is 0 Å². The van der Waals surface area contributed by atoms with Crippen LogP contribution in [0, 0.1) is 0 Å². The van der Waals surface area contributed by atoms with Gasteiger partial charge in [-0.15, -0.1) is 0 Å². The summed E-state index contributed by atoms with van der Waals surface area (Å²) in [7, 11) is 0. The molecule has 1 saturated heterocycles. The predicted octanol–water partition coefficient (Wildman–Crippen LogP) is 2.30. The Morgan fingerprint density at radius 3 is 2.45 bits per heavy atom. The summed E-state index contributed by atoms with van der Waals surface area (Å²) in [6.45, 7) is 2.11. The standard InChI is InChI=1S/C15H17N5O2/c21-15(22)12-9-17-13(10-16-12)19-11-4-5-14(18-8-11)20-6-2-1-3-7-20/h4-5,8-10H,1-3,6-7H2,(H,17,19)(H,21,22). The number of hydrogen-bond acceptors (Lipinski definition) is 6. The van der Waals surface area contributed by atoms with Gasteiger partial charge in [0.2, 0.25) is 0 Å². The van der Waals surface area contributed by atoms with Crippen LogP contribution in [0.3, 0.4) is 0 Å². The van der Waals surface area contributed by atoms with E-state index in [2.05, 4.69) is 25.2 Å². The molecule has 7 nitrogen and oxygen atoms in total. The lowest BCUT2D eigenvalue weighted by atomic mass is 10.1. The van der Waals surface area contributed by atoms with Gasteiger partial charge < -0.3 is 15.3 Å². The molecule has 0 radical (unpaired) electrons. The molecular weight excluding hydrogens is 282 g/mol. The molecule has 1 fully saturated rings. The lowest BCUT2D eigenvalue weighted by Crippen LogP contribution is -2.29. The van der Waals surface area contributed by atoms with Crippen molar-refractivity contribution in [3.05, 3.63) is 36.4 Å². The Balaban J connectivity index is 1.66. The van der Waals surface area contributed by atoms with Crippen LogP contribution in [0.25, 0.3) is 0 Å². The van der Waals surface area contributed by atoms with Crippen LogP contribution in [-0.2, 0) is 0 Å². The molecule has 0 bridgehead atoms. The van der Waals surface area contributed by atoms with Crippen LogP contribution in [0.2, 0.25) is 0 Å². The maximum Gasteiger partial charge on any atom is 0.356 e. The second-order valence-corrected chi connectivity index (χ2v) is 5.17. The molecule has 0 amide bonds. The fraction of sp³-hybridized carbons (Fsp3) is 0.333. The van der Waals surface area contributed by atoms with Gasteiger partial charge in [-0.2, -0.15) is 0 Å². The van der Waals surface area contributed by atoms with Crippen molar-refractivity contribution in [1.82, 2.24) is 15.0 Å². The number of carboxylic acid groups (broad SMARTS) is 1. The van der Waals surface area contributed by atoms with Gasteiger partial charge in [0.15, 0.2) is 5.69 Å². The van der Waals surface area contributed by atoms with Gasteiger partial charge >= 0.3 is 5.97 Å². The topological polar surface area (TPSA) is 91.2 Å². The molecule has 2 aromatic rings. The minimum absolute atomic E-state index is 0.0795. The molecule has 1 aliphatic heterocycles. The zero-order valence-corrected chi connectivity index (χ0v) is 12.1. The summed E-state index contributed by atoms with van der Waals surface area (Å²) in [5.74, 6) is 0.377. The number of hydrogen-bond donors (Lipinski definition) is 2. The fourth-order valence-electron chi connectivity index (χ4n) is 2.42. The summed E-state index contributed by atoms with van der Waals surface area (Å²) < 4.78 is 0. The molecule has 3 rings (SSSR count). The first-order valence-corrected chi connectivity index (χ1v) is 7.26. The van der Waals surface area contributed by atoms with Crippen molar-refractivity contribution in [2.75, 3.05) is 23.3 Å². The van der Waals surface area contributed by atoms with Gasteiger partial charge in [0.25, 0.3) is 0 Å². The van der Waals surface area contributed by atoms with Gasteiger partial charge in [0, 0.05) is 13.1 Å². The quantitative estimate of drug-likeness (QED) is 0.895. The first kappa shape index (κ1) is 14.2. The molecule has 0 aromatic carbocycles. The van der Waals surface area contributed by atoms with Crippen LogP contribution in [0.15, 0.2) is 30.7 Å². The molecule has 7 heteroatoms. The molecule has 22 heavy (non-hydrogen) atoms. The highest BCUT2D eigenvalue weighted by molar-refractivity contribution is 5.85. The molecule has 2 N–H and O–H groups in total. The van der Waals surface area contributed by atoms with E-state index in [0.29, 0.717) is 5.82 Å². The van der Waals surface area contributed by atoms with E-state index in [4.69, 9.17) is 5.11 Å². The average Bonchev–Trinajstić information content (AvgIpc) is 2.57. The van der Waals surface area contributed by atoms with Crippen LogP contribution >= 0.6 is 0 Å².